The maximum absolute atomic E-state index is 11.8. The lowest BCUT2D eigenvalue weighted by atomic mass is 10.2. The van der Waals surface area contributed by atoms with E-state index >= 15 is 0 Å². The summed E-state index contributed by atoms with van der Waals surface area (Å²) in [5.74, 6) is 2.31. The van der Waals surface area contributed by atoms with Gasteiger partial charge in [-0.1, -0.05) is 5.92 Å². The molecule has 22 heavy (non-hydrogen) atoms. The second kappa shape index (κ2) is 6.04. The molecule has 0 aliphatic carbocycles. The molecule has 10 heteroatoms. The van der Waals surface area contributed by atoms with Gasteiger partial charge in [0.15, 0.2) is 6.23 Å². The van der Waals surface area contributed by atoms with Crippen LogP contribution >= 0.6 is 7.82 Å². The fourth-order valence-electron chi connectivity index (χ4n) is 1.90. The molecule has 0 bridgehead atoms. The Balaban J connectivity index is 2.26. The maximum atomic E-state index is 11.8. The number of phosphoric acid groups is 1. The van der Waals surface area contributed by atoms with Crippen molar-refractivity contribution >= 4 is 7.82 Å². The molecule has 0 fully saturated rings. The first-order valence-corrected chi connectivity index (χ1v) is 7.60. The highest BCUT2D eigenvalue weighted by Crippen LogP contribution is 2.37. The Hall–Kier alpha value is -1.95. The first kappa shape index (κ1) is 16.4. The number of aromatic nitrogens is 2. The SMILES string of the molecule is C#CC1=C[C@H](n2cc(C)c(=O)[nH]c2=O)O[C@@H]1COP(=O)(O)O. The lowest BCUT2D eigenvalue weighted by Crippen LogP contribution is -2.33. The molecule has 2 heterocycles. The average Bonchev–Trinajstić information content (AvgIpc) is 2.83. The highest BCUT2D eigenvalue weighted by Gasteiger charge is 2.30. The molecule has 0 radical (unpaired) electrons. The Kier molecular flexibility index (Phi) is 4.51. The summed E-state index contributed by atoms with van der Waals surface area (Å²) in [6, 6.07) is 0. The van der Waals surface area contributed by atoms with Crippen molar-refractivity contribution in [3.63, 3.8) is 0 Å². The fourth-order valence-corrected chi connectivity index (χ4v) is 2.23. The number of nitrogens with one attached hydrogen (secondary N) is 1. The van der Waals surface area contributed by atoms with Crippen LogP contribution in [-0.2, 0) is 13.8 Å². The zero-order valence-electron chi connectivity index (χ0n) is 11.4. The normalized spacial score (nSPS) is 21.5. The number of ether oxygens (including phenoxy) is 1. The Bertz CT molecular complexity index is 810. The van der Waals surface area contributed by atoms with Crippen molar-refractivity contribution in [2.45, 2.75) is 19.3 Å². The van der Waals surface area contributed by atoms with Crippen LogP contribution in [0, 0.1) is 19.3 Å². The van der Waals surface area contributed by atoms with Crippen molar-refractivity contribution in [3.05, 3.63) is 44.2 Å². The molecule has 0 amide bonds. The van der Waals surface area contributed by atoms with Crippen LogP contribution in [0.25, 0.3) is 0 Å². The van der Waals surface area contributed by atoms with E-state index in [-0.39, 0.29) is 5.57 Å². The van der Waals surface area contributed by atoms with Crippen molar-refractivity contribution in [1.29, 1.82) is 0 Å². The Labute approximate surface area is 124 Å². The lowest BCUT2D eigenvalue weighted by molar-refractivity contribution is -0.0126. The largest absolute Gasteiger partial charge is 0.469 e. The van der Waals surface area contributed by atoms with Crippen molar-refractivity contribution in [2.24, 2.45) is 0 Å². The molecule has 1 aromatic rings. The number of hydrogen-bond donors (Lipinski definition) is 3. The lowest BCUT2D eigenvalue weighted by Gasteiger charge is -2.17. The van der Waals surface area contributed by atoms with Crippen LogP contribution < -0.4 is 11.2 Å². The van der Waals surface area contributed by atoms with Crippen LogP contribution in [0.5, 0.6) is 0 Å². The highest BCUT2D eigenvalue weighted by atomic mass is 31.2. The molecule has 1 aliphatic heterocycles. The van der Waals surface area contributed by atoms with Gasteiger partial charge in [-0.05, 0) is 13.0 Å². The first-order chi connectivity index (χ1) is 10.2. The van der Waals surface area contributed by atoms with Crippen LogP contribution in [0.2, 0.25) is 0 Å². The summed E-state index contributed by atoms with van der Waals surface area (Å²) >= 11 is 0. The number of H-pyrrole nitrogens is 1. The maximum Gasteiger partial charge on any atom is 0.469 e. The van der Waals surface area contributed by atoms with Crippen LogP contribution in [0.15, 0.2) is 27.4 Å². The van der Waals surface area contributed by atoms with E-state index in [1.54, 1.807) is 0 Å². The molecule has 2 atom stereocenters. The Morgan fingerprint density at radius 2 is 2.23 bits per heavy atom. The van der Waals surface area contributed by atoms with Crippen LogP contribution in [0.1, 0.15) is 11.8 Å². The molecule has 3 N–H and O–H groups in total. The quantitative estimate of drug-likeness (QED) is 0.497. The molecule has 2 rings (SSSR count). The summed E-state index contributed by atoms with van der Waals surface area (Å²) in [4.78, 5) is 42.6. The van der Waals surface area contributed by atoms with Crippen LogP contribution in [0.3, 0.4) is 0 Å². The van der Waals surface area contributed by atoms with Gasteiger partial charge in [0.1, 0.15) is 6.10 Å². The zero-order chi connectivity index (χ0) is 16.5. The van der Waals surface area contributed by atoms with E-state index in [0.717, 1.165) is 4.57 Å². The van der Waals surface area contributed by atoms with Crippen LogP contribution in [-0.4, -0.2) is 32.0 Å². The predicted octanol–water partition coefficient (Wildman–Crippen LogP) is -0.589. The number of phosphoric ester groups is 1. The summed E-state index contributed by atoms with van der Waals surface area (Å²) in [5, 5.41) is 0. The van der Waals surface area contributed by atoms with Crippen molar-refractivity contribution in [1.82, 2.24) is 9.55 Å². The van der Waals surface area contributed by atoms with Gasteiger partial charge in [-0.3, -0.25) is 18.9 Å². The van der Waals surface area contributed by atoms with Gasteiger partial charge < -0.3 is 14.5 Å². The highest BCUT2D eigenvalue weighted by molar-refractivity contribution is 7.46. The number of terminal acetylenes is 1. The van der Waals surface area contributed by atoms with Gasteiger partial charge in [-0.25, -0.2) is 9.36 Å². The number of hydrogen-bond acceptors (Lipinski definition) is 5. The van der Waals surface area contributed by atoms with Gasteiger partial charge in [0.25, 0.3) is 5.56 Å². The molecule has 0 saturated heterocycles. The monoisotopic (exact) mass is 328 g/mol. The summed E-state index contributed by atoms with van der Waals surface area (Å²) in [5.41, 5.74) is -0.616. The number of nitrogens with zero attached hydrogens (tertiary/aromatic N) is 1. The molecule has 1 aliphatic rings. The minimum absolute atomic E-state index is 0.286. The molecular weight excluding hydrogens is 315 g/mol. The fraction of sp³-hybridized carbons (Fsp3) is 0.333. The van der Waals surface area contributed by atoms with E-state index in [4.69, 9.17) is 20.9 Å². The molecule has 0 saturated carbocycles. The van der Waals surface area contributed by atoms with Crippen molar-refractivity contribution < 1.29 is 23.6 Å². The molecule has 0 unspecified atom stereocenters. The summed E-state index contributed by atoms with van der Waals surface area (Å²) in [7, 11) is -4.66. The standard InChI is InChI=1S/C12H13N2O7P/c1-3-8-4-10(21-9(8)6-20-22(17,18)19)14-5-7(2)11(15)13-12(14)16/h1,4-5,9-10H,6H2,2H3,(H,13,15,16)(H2,17,18,19)/t9-,10-/m1/s1. The first-order valence-electron chi connectivity index (χ1n) is 6.07. The van der Waals surface area contributed by atoms with Gasteiger partial charge >= 0.3 is 13.5 Å². The summed E-state index contributed by atoms with van der Waals surface area (Å²) < 4.78 is 21.7. The second-order valence-electron chi connectivity index (χ2n) is 4.55. The molecule has 118 valence electrons. The van der Waals surface area contributed by atoms with Gasteiger partial charge in [0.05, 0.1) is 6.61 Å². The van der Waals surface area contributed by atoms with E-state index in [1.807, 2.05) is 0 Å². The van der Waals surface area contributed by atoms with E-state index in [9.17, 15) is 14.2 Å². The van der Waals surface area contributed by atoms with E-state index in [2.05, 4.69) is 15.4 Å². The van der Waals surface area contributed by atoms with Crippen molar-refractivity contribution in [2.75, 3.05) is 6.61 Å². The topological polar surface area (TPSA) is 131 Å². The summed E-state index contributed by atoms with van der Waals surface area (Å²) in [6.45, 7) is 1.05. The molecule has 9 nitrogen and oxygen atoms in total. The molecular formula is C12H13N2O7P. The van der Waals surface area contributed by atoms with E-state index in [1.165, 1.54) is 19.2 Å². The van der Waals surface area contributed by atoms with Gasteiger partial charge in [0.2, 0.25) is 0 Å². The second-order valence-corrected chi connectivity index (χ2v) is 5.79. The molecule has 0 spiro atoms. The number of aryl methyl sites for hydroxylation is 1. The number of rotatable bonds is 4. The van der Waals surface area contributed by atoms with E-state index < -0.39 is 38.0 Å². The Morgan fingerprint density at radius 3 is 2.82 bits per heavy atom. The van der Waals surface area contributed by atoms with Crippen LogP contribution in [0.4, 0.5) is 0 Å². The van der Waals surface area contributed by atoms with Crippen molar-refractivity contribution in [3.8, 4) is 12.3 Å². The van der Waals surface area contributed by atoms with Gasteiger partial charge in [0, 0.05) is 17.3 Å². The smallest absolute Gasteiger partial charge is 0.343 e. The minimum Gasteiger partial charge on any atom is -0.343 e. The average molecular weight is 328 g/mol. The molecule has 0 aromatic carbocycles. The zero-order valence-corrected chi connectivity index (χ0v) is 12.3. The molecule has 1 aromatic heterocycles. The van der Waals surface area contributed by atoms with Gasteiger partial charge in [-0.15, -0.1) is 6.42 Å². The minimum atomic E-state index is -4.66. The van der Waals surface area contributed by atoms with E-state index in [0.29, 0.717) is 5.56 Å². The Morgan fingerprint density at radius 1 is 1.55 bits per heavy atom. The predicted molar refractivity (Wildman–Crippen MR) is 74.9 cm³/mol. The third-order valence-electron chi connectivity index (χ3n) is 2.95. The number of aromatic amines is 1. The third kappa shape index (κ3) is 3.62. The third-order valence-corrected chi connectivity index (χ3v) is 3.44. The summed E-state index contributed by atoms with van der Waals surface area (Å²) in [6.07, 6.45) is 6.24. The van der Waals surface area contributed by atoms with Gasteiger partial charge in [-0.2, -0.15) is 0 Å².